The van der Waals surface area contributed by atoms with Gasteiger partial charge in [-0.1, -0.05) is 42.8 Å². The topological polar surface area (TPSA) is 26.0 Å². The normalized spacial score (nSPS) is 16.5. The zero-order valence-corrected chi connectivity index (χ0v) is 11.9. The lowest BCUT2D eigenvalue weighted by atomic mass is 9.77. The molecular weight excluding hydrogens is 268 g/mol. The third kappa shape index (κ3) is 2.84. The van der Waals surface area contributed by atoms with Crippen LogP contribution in [0.4, 0.5) is 8.78 Å². The van der Waals surface area contributed by atoms with Gasteiger partial charge in [0.15, 0.2) is 11.6 Å². The lowest BCUT2D eigenvalue weighted by Gasteiger charge is -2.29. The first-order valence-corrected chi connectivity index (χ1v) is 7.44. The molecule has 0 aliphatic heterocycles. The van der Waals surface area contributed by atoms with E-state index in [4.69, 9.17) is 5.73 Å². The summed E-state index contributed by atoms with van der Waals surface area (Å²) in [5, 5.41) is 0. The zero-order valence-electron chi connectivity index (χ0n) is 11.9. The maximum Gasteiger partial charge on any atom is 0.162 e. The Morgan fingerprint density at radius 1 is 1.05 bits per heavy atom. The monoisotopic (exact) mass is 287 g/mol. The lowest BCUT2D eigenvalue weighted by molar-refractivity contribution is 0.414. The SMILES string of the molecule is NC(Cc1cccc(F)c1F)c1ccccc1C1CCC1. The maximum atomic E-state index is 13.8. The van der Waals surface area contributed by atoms with Crippen molar-refractivity contribution < 1.29 is 8.78 Å². The molecule has 3 heteroatoms. The van der Waals surface area contributed by atoms with E-state index in [0.29, 0.717) is 17.9 Å². The summed E-state index contributed by atoms with van der Waals surface area (Å²) >= 11 is 0. The summed E-state index contributed by atoms with van der Waals surface area (Å²) < 4.78 is 27.1. The van der Waals surface area contributed by atoms with E-state index in [1.54, 1.807) is 6.07 Å². The van der Waals surface area contributed by atoms with Gasteiger partial charge in [-0.2, -0.15) is 0 Å². The van der Waals surface area contributed by atoms with Crippen LogP contribution in [0.5, 0.6) is 0 Å². The minimum atomic E-state index is -0.813. The second-order valence-corrected chi connectivity index (χ2v) is 5.78. The Balaban J connectivity index is 1.85. The smallest absolute Gasteiger partial charge is 0.162 e. The Hall–Kier alpha value is -1.74. The molecule has 0 spiro atoms. The van der Waals surface area contributed by atoms with E-state index in [9.17, 15) is 8.78 Å². The van der Waals surface area contributed by atoms with Crippen molar-refractivity contribution in [1.29, 1.82) is 0 Å². The molecule has 0 saturated heterocycles. The summed E-state index contributed by atoms with van der Waals surface area (Å²) in [5.74, 6) is -1.02. The second-order valence-electron chi connectivity index (χ2n) is 5.78. The van der Waals surface area contributed by atoms with Crippen LogP contribution in [0.15, 0.2) is 42.5 Å². The minimum Gasteiger partial charge on any atom is -0.324 e. The van der Waals surface area contributed by atoms with Crippen molar-refractivity contribution >= 4 is 0 Å². The molecule has 0 amide bonds. The predicted octanol–water partition coefficient (Wildman–Crippen LogP) is 4.47. The number of nitrogens with two attached hydrogens (primary N) is 1. The summed E-state index contributed by atoms with van der Waals surface area (Å²) in [4.78, 5) is 0. The zero-order chi connectivity index (χ0) is 14.8. The average Bonchev–Trinajstić information content (AvgIpc) is 2.42. The molecule has 1 aliphatic carbocycles. The molecule has 1 atom stereocenters. The maximum absolute atomic E-state index is 13.8. The van der Waals surface area contributed by atoms with Gasteiger partial charge >= 0.3 is 0 Å². The molecule has 1 unspecified atom stereocenters. The first kappa shape index (κ1) is 14.2. The second kappa shape index (κ2) is 5.94. The van der Waals surface area contributed by atoms with Gasteiger partial charge in [0.2, 0.25) is 0 Å². The number of rotatable bonds is 4. The molecule has 1 saturated carbocycles. The van der Waals surface area contributed by atoms with Crippen molar-refractivity contribution in [3.8, 4) is 0 Å². The van der Waals surface area contributed by atoms with Crippen LogP contribution in [0.3, 0.4) is 0 Å². The van der Waals surface area contributed by atoms with E-state index in [0.717, 1.165) is 11.6 Å². The molecule has 1 aliphatic rings. The minimum absolute atomic E-state index is 0.307. The van der Waals surface area contributed by atoms with Crippen molar-refractivity contribution in [2.24, 2.45) is 5.73 Å². The van der Waals surface area contributed by atoms with Crippen LogP contribution in [0, 0.1) is 11.6 Å². The highest BCUT2D eigenvalue weighted by Crippen LogP contribution is 2.39. The molecule has 0 radical (unpaired) electrons. The van der Waals surface area contributed by atoms with Gasteiger partial charge < -0.3 is 5.73 Å². The average molecular weight is 287 g/mol. The van der Waals surface area contributed by atoms with E-state index in [2.05, 4.69) is 6.07 Å². The van der Waals surface area contributed by atoms with Crippen LogP contribution in [0.2, 0.25) is 0 Å². The number of hydrogen-bond donors (Lipinski definition) is 1. The van der Waals surface area contributed by atoms with Crippen LogP contribution < -0.4 is 5.73 Å². The molecule has 3 rings (SSSR count). The van der Waals surface area contributed by atoms with Gasteiger partial charge in [-0.05, 0) is 47.9 Å². The van der Waals surface area contributed by atoms with E-state index in [1.165, 1.54) is 30.9 Å². The van der Waals surface area contributed by atoms with Gasteiger partial charge in [0.05, 0.1) is 0 Å². The van der Waals surface area contributed by atoms with Crippen LogP contribution in [0.25, 0.3) is 0 Å². The molecule has 1 nitrogen and oxygen atoms in total. The summed E-state index contributed by atoms with van der Waals surface area (Å²) in [7, 11) is 0. The van der Waals surface area contributed by atoms with E-state index < -0.39 is 11.6 Å². The van der Waals surface area contributed by atoms with Gasteiger partial charge in [-0.3, -0.25) is 0 Å². The largest absolute Gasteiger partial charge is 0.324 e. The molecule has 2 N–H and O–H groups in total. The number of benzene rings is 2. The van der Waals surface area contributed by atoms with Crippen molar-refractivity contribution in [2.75, 3.05) is 0 Å². The third-order valence-electron chi connectivity index (χ3n) is 4.41. The number of halogens is 2. The van der Waals surface area contributed by atoms with Crippen LogP contribution >= 0.6 is 0 Å². The first-order chi connectivity index (χ1) is 10.2. The molecule has 0 heterocycles. The summed E-state index contributed by atoms with van der Waals surface area (Å²) in [6.45, 7) is 0. The Bertz CT molecular complexity index is 635. The van der Waals surface area contributed by atoms with Crippen LogP contribution in [-0.4, -0.2) is 0 Å². The quantitative estimate of drug-likeness (QED) is 0.882. The fourth-order valence-corrected chi connectivity index (χ4v) is 2.99. The van der Waals surface area contributed by atoms with Crippen molar-refractivity contribution in [2.45, 2.75) is 37.6 Å². The van der Waals surface area contributed by atoms with Gasteiger partial charge in [-0.15, -0.1) is 0 Å². The highest BCUT2D eigenvalue weighted by molar-refractivity contribution is 5.35. The Morgan fingerprint density at radius 2 is 1.81 bits per heavy atom. The summed E-state index contributed by atoms with van der Waals surface area (Å²) in [5.41, 5.74) is 8.95. The summed E-state index contributed by atoms with van der Waals surface area (Å²) in [6.07, 6.45) is 3.95. The van der Waals surface area contributed by atoms with Gasteiger partial charge in [0.25, 0.3) is 0 Å². The van der Waals surface area contributed by atoms with E-state index in [1.807, 2.05) is 18.2 Å². The standard InChI is InChI=1S/C18H19F2N/c19-16-10-4-7-13(18(16)20)11-17(21)15-9-2-1-8-14(15)12-5-3-6-12/h1-2,4,7-10,12,17H,3,5-6,11,21H2. The third-order valence-corrected chi connectivity index (χ3v) is 4.41. The van der Waals surface area contributed by atoms with Gasteiger partial charge in [0, 0.05) is 6.04 Å². The van der Waals surface area contributed by atoms with Gasteiger partial charge in [0.1, 0.15) is 0 Å². The van der Waals surface area contributed by atoms with Gasteiger partial charge in [-0.25, -0.2) is 8.78 Å². The molecular formula is C18H19F2N. The lowest BCUT2D eigenvalue weighted by Crippen LogP contribution is -2.19. The first-order valence-electron chi connectivity index (χ1n) is 7.44. The highest BCUT2D eigenvalue weighted by atomic mass is 19.2. The molecule has 2 aromatic rings. The van der Waals surface area contributed by atoms with E-state index >= 15 is 0 Å². The predicted molar refractivity (Wildman–Crippen MR) is 80.0 cm³/mol. The molecule has 2 aromatic carbocycles. The molecule has 0 aromatic heterocycles. The summed E-state index contributed by atoms with van der Waals surface area (Å²) in [6, 6.07) is 12.1. The number of hydrogen-bond acceptors (Lipinski definition) is 1. The van der Waals surface area contributed by atoms with Crippen LogP contribution in [-0.2, 0) is 6.42 Å². The molecule has 1 fully saturated rings. The Labute approximate surface area is 123 Å². The van der Waals surface area contributed by atoms with Crippen molar-refractivity contribution in [3.63, 3.8) is 0 Å². The fourth-order valence-electron chi connectivity index (χ4n) is 2.99. The van der Waals surface area contributed by atoms with Crippen molar-refractivity contribution in [3.05, 3.63) is 70.8 Å². The van der Waals surface area contributed by atoms with Crippen molar-refractivity contribution in [1.82, 2.24) is 0 Å². The molecule has 0 bridgehead atoms. The Kier molecular flexibility index (Phi) is 4.02. The highest BCUT2D eigenvalue weighted by Gasteiger charge is 2.24. The fraction of sp³-hybridized carbons (Fsp3) is 0.333. The van der Waals surface area contributed by atoms with Crippen LogP contribution in [0.1, 0.15) is 47.9 Å². The van der Waals surface area contributed by atoms with E-state index in [-0.39, 0.29) is 6.04 Å². The Morgan fingerprint density at radius 3 is 2.52 bits per heavy atom. The molecule has 110 valence electrons. The molecule has 21 heavy (non-hydrogen) atoms.